The number of nitrogens with one attached hydrogen (secondary N) is 4. The summed E-state index contributed by atoms with van der Waals surface area (Å²) in [4.78, 5) is 69.2. The smallest absolute Gasteiger partial charge is 0.341 e. The van der Waals surface area contributed by atoms with E-state index in [0.717, 1.165) is 11.3 Å². The van der Waals surface area contributed by atoms with E-state index in [-0.39, 0.29) is 27.7 Å². The molecule has 1 aromatic heterocycles. The van der Waals surface area contributed by atoms with E-state index in [2.05, 4.69) is 21.3 Å². The van der Waals surface area contributed by atoms with Crippen molar-refractivity contribution in [3.63, 3.8) is 0 Å². The largest absolute Gasteiger partial charge is 0.493 e. The van der Waals surface area contributed by atoms with Gasteiger partial charge in [0.15, 0.2) is 11.5 Å². The lowest BCUT2D eigenvalue weighted by Gasteiger charge is -2.18. The van der Waals surface area contributed by atoms with Gasteiger partial charge in [-0.3, -0.25) is 19.2 Å². The molecule has 4 amide bonds. The predicted molar refractivity (Wildman–Crippen MR) is 240 cm³/mol. The summed E-state index contributed by atoms with van der Waals surface area (Å²) in [7, 11) is 3.02. The van der Waals surface area contributed by atoms with Gasteiger partial charge in [-0.15, -0.1) is 23.1 Å². The molecular weight excluding hydrogens is 813 g/mol. The van der Waals surface area contributed by atoms with Gasteiger partial charge in [0.25, 0.3) is 17.7 Å². The first-order valence-electron chi connectivity index (χ1n) is 19.0. The number of esters is 1. The van der Waals surface area contributed by atoms with Crippen molar-refractivity contribution in [2.75, 3.05) is 36.8 Å². The van der Waals surface area contributed by atoms with Crippen LogP contribution in [-0.4, -0.2) is 50.4 Å². The highest BCUT2D eigenvalue weighted by Gasteiger charge is 2.30. The second-order valence-electron chi connectivity index (χ2n) is 13.2. The van der Waals surface area contributed by atoms with Gasteiger partial charge in [-0.1, -0.05) is 78.9 Å². The number of ether oxygens (including phenoxy) is 3. The molecule has 0 aliphatic rings. The normalized spacial score (nSPS) is 11.4. The highest BCUT2D eigenvalue weighted by molar-refractivity contribution is 8.00. The summed E-state index contributed by atoms with van der Waals surface area (Å²) in [6.45, 7) is 3.41. The molecule has 12 nitrogen and oxygen atoms in total. The molecule has 61 heavy (non-hydrogen) atoms. The van der Waals surface area contributed by atoms with Gasteiger partial charge in [-0.2, -0.15) is 0 Å². The fourth-order valence-electron chi connectivity index (χ4n) is 6.09. The van der Waals surface area contributed by atoms with Crippen molar-refractivity contribution in [1.29, 1.82) is 0 Å². The molecular formula is C47H42N4O8S2. The molecule has 0 saturated carbocycles. The third-order valence-electron chi connectivity index (χ3n) is 9.03. The number of carbonyl (C=O) groups excluding carboxylic acids is 5. The maximum atomic E-state index is 14.4. The van der Waals surface area contributed by atoms with Gasteiger partial charge in [0, 0.05) is 21.8 Å². The van der Waals surface area contributed by atoms with E-state index in [1.807, 2.05) is 36.4 Å². The molecule has 5 aromatic carbocycles. The number of methoxy groups -OCH3 is 2. The van der Waals surface area contributed by atoms with Gasteiger partial charge in [0.2, 0.25) is 5.91 Å². The van der Waals surface area contributed by atoms with Gasteiger partial charge in [-0.05, 0) is 91.2 Å². The number of benzene rings is 5. The fraction of sp³-hybridized carbons (Fsp3) is 0.128. The van der Waals surface area contributed by atoms with Crippen molar-refractivity contribution in [1.82, 2.24) is 5.32 Å². The van der Waals surface area contributed by atoms with E-state index < -0.39 is 34.8 Å². The Balaban J connectivity index is 1.27. The van der Waals surface area contributed by atoms with Crippen LogP contribution >= 0.6 is 23.1 Å². The molecule has 1 atom stereocenters. The third kappa shape index (κ3) is 11.1. The van der Waals surface area contributed by atoms with Crippen molar-refractivity contribution < 1.29 is 38.2 Å². The zero-order valence-electron chi connectivity index (χ0n) is 33.6. The molecule has 1 unspecified atom stereocenters. The molecule has 14 heteroatoms. The van der Waals surface area contributed by atoms with E-state index in [9.17, 15) is 24.0 Å². The highest BCUT2D eigenvalue weighted by Crippen LogP contribution is 2.40. The first-order chi connectivity index (χ1) is 29.6. The lowest BCUT2D eigenvalue weighted by Crippen LogP contribution is -2.30. The van der Waals surface area contributed by atoms with Crippen molar-refractivity contribution in [2.24, 2.45) is 0 Å². The van der Waals surface area contributed by atoms with Crippen LogP contribution < -0.4 is 30.7 Å². The molecule has 0 aliphatic heterocycles. The minimum atomic E-state index is -0.850. The number of rotatable bonds is 16. The first-order valence-corrected chi connectivity index (χ1v) is 20.7. The van der Waals surface area contributed by atoms with Crippen LogP contribution in [0.15, 0.2) is 144 Å². The standard InChI is InChI=1S/C47H42N4O8S2/c1-5-59-47(56)39-29(2)40(44(54)48-33-20-13-8-14-21-33)61-46(39)51-45(55)41(31-16-9-6-10-17-31)60-35-23-15-22-34(28-35)49-43(53)36(50-42(52)32-18-11-7-12-19-32)26-30-24-25-37(57-3)38(27-30)58-4/h6-28,41H,5H2,1-4H3,(H,48,54)(H,49,53)(H,50,52)(H,51,55)/b36-26+. The average Bonchev–Trinajstić information content (AvgIpc) is 3.61. The SMILES string of the molecule is CCOC(=O)c1c(NC(=O)C(Sc2cccc(NC(=O)/C(=C\c3ccc(OC)c(OC)c3)NC(=O)c3ccccc3)c2)c2ccccc2)sc(C(=O)Nc2ccccc2)c1C. The van der Waals surface area contributed by atoms with E-state index in [0.29, 0.717) is 50.0 Å². The summed E-state index contributed by atoms with van der Waals surface area (Å²) < 4.78 is 16.2. The Morgan fingerprint density at radius 3 is 2.03 bits per heavy atom. The van der Waals surface area contributed by atoms with Gasteiger partial charge < -0.3 is 35.5 Å². The molecule has 4 N–H and O–H groups in total. The lowest BCUT2D eigenvalue weighted by atomic mass is 10.1. The predicted octanol–water partition coefficient (Wildman–Crippen LogP) is 9.38. The molecule has 0 radical (unpaired) electrons. The van der Waals surface area contributed by atoms with Crippen LogP contribution in [0.5, 0.6) is 11.5 Å². The van der Waals surface area contributed by atoms with Crippen LogP contribution in [0.4, 0.5) is 16.4 Å². The molecule has 0 fully saturated rings. The monoisotopic (exact) mass is 854 g/mol. The van der Waals surface area contributed by atoms with Crippen molar-refractivity contribution in [3.05, 3.63) is 172 Å². The summed E-state index contributed by atoms with van der Waals surface area (Å²) in [5, 5.41) is 10.7. The van der Waals surface area contributed by atoms with Crippen LogP contribution in [-0.2, 0) is 14.3 Å². The number of thioether (sulfide) groups is 1. The van der Waals surface area contributed by atoms with E-state index in [1.165, 1.54) is 32.1 Å². The van der Waals surface area contributed by atoms with Crippen LogP contribution in [0.2, 0.25) is 0 Å². The van der Waals surface area contributed by atoms with Crippen LogP contribution in [0.3, 0.4) is 0 Å². The van der Waals surface area contributed by atoms with E-state index >= 15 is 0 Å². The van der Waals surface area contributed by atoms with E-state index in [1.54, 1.807) is 111 Å². The maximum Gasteiger partial charge on any atom is 0.341 e. The first kappa shape index (κ1) is 43.4. The maximum absolute atomic E-state index is 14.4. The number of thiophene rings is 1. The summed E-state index contributed by atoms with van der Waals surface area (Å²) in [5.41, 5.74) is 2.98. The lowest BCUT2D eigenvalue weighted by molar-refractivity contribution is -0.116. The molecule has 0 spiro atoms. The molecule has 0 bridgehead atoms. The van der Waals surface area contributed by atoms with Crippen LogP contribution in [0.1, 0.15) is 59.3 Å². The van der Waals surface area contributed by atoms with E-state index in [4.69, 9.17) is 14.2 Å². The zero-order chi connectivity index (χ0) is 43.3. The number of hydrogen-bond donors (Lipinski definition) is 4. The Morgan fingerprint density at radius 1 is 0.705 bits per heavy atom. The molecule has 310 valence electrons. The quantitative estimate of drug-likeness (QED) is 0.0423. The van der Waals surface area contributed by atoms with Gasteiger partial charge in [-0.25, -0.2) is 4.79 Å². The van der Waals surface area contributed by atoms with Gasteiger partial charge in [0.1, 0.15) is 15.9 Å². The molecule has 6 aromatic rings. The summed E-state index contributed by atoms with van der Waals surface area (Å²) in [6, 6.07) is 38.5. The molecule has 6 rings (SSSR count). The van der Waals surface area contributed by atoms with Crippen molar-refractivity contribution in [3.8, 4) is 11.5 Å². The van der Waals surface area contributed by atoms with Gasteiger partial charge >= 0.3 is 5.97 Å². The highest BCUT2D eigenvalue weighted by atomic mass is 32.2. The Kier molecular flexibility index (Phi) is 14.7. The minimum absolute atomic E-state index is 0.0406. The second kappa shape index (κ2) is 20.7. The Labute approximate surface area is 361 Å². The molecule has 1 heterocycles. The van der Waals surface area contributed by atoms with Crippen LogP contribution in [0.25, 0.3) is 6.08 Å². The third-order valence-corrected chi connectivity index (χ3v) is 11.5. The number of carbonyl (C=O) groups is 5. The number of anilines is 3. The number of amides is 4. The fourth-order valence-corrected chi connectivity index (χ4v) is 8.26. The Hall–Kier alpha value is -7.16. The number of hydrogen-bond acceptors (Lipinski definition) is 10. The minimum Gasteiger partial charge on any atom is -0.493 e. The molecule has 0 aliphatic carbocycles. The van der Waals surface area contributed by atoms with Crippen LogP contribution in [0, 0.1) is 6.92 Å². The van der Waals surface area contributed by atoms with Crippen molar-refractivity contribution in [2.45, 2.75) is 24.0 Å². The Morgan fingerprint density at radius 2 is 1.36 bits per heavy atom. The summed E-state index contributed by atoms with van der Waals surface area (Å²) >= 11 is 2.20. The summed E-state index contributed by atoms with van der Waals surface area (Å²) in [5.74, 6) is -1.73. The van der Waals surface area contributed by atoms with Gasteiger partial charge in [0.05, 0.1) is 31.3 Å². The average molecular weight is 855 g/mol. The number of para-hydroxylation sites is 1. The topological polar surface area (TPSA) is 161 Å². The second-order valence-corrected chi connectivity index (χ2v) is 15.4. The molecule has 0 saturated heterocycles. The summed E-state index contributed by atoms with van der Waals surface area (Å²) in [6.07, 6.45) is 1.53. The Bertz CT molecular complexity index is 2560. The van der Waals surface area contributed by atoms with Crippen molar-refractivity contribution >= 4 is 75.1 Å². The zero-order valence-corrected chi connectivity index (χ0v) is 35.3.